The lowest BCUT2D eigenvalue weighted by molar-refractivity contribution is -0.0546. The van der Waals surface area contributed by atoms with Crippen LogP contribution in [0.1, 0.15) is 39.5 Å². The third-order valence-corrected chi connectivity index (χ3v) is 6.56. The van der Waals surface area contributed by atoms with Gasteiger partial charge in [-0.15, -0.1) is 10.2 Å². The van der Waals surface area contributed by atoms with E-state index >= 15 is 0 Å². The summed E-state index contributed by atoms with van der Waals surface area (Å²) in [6, 6.07) is 21.0. The Hall–Kier alpha value is -2.84. The minimum absolute atomic E-state index is 0.562. The first kappa shape index (κ1) is 23.3. The van der Waals surface area contributed by atoms with E-state index in [2.05, 4.69) is 54.3 Å². The van der Waals surface area contributed by atoms with E-state index in [0.717, 1.165) is 70.2 Å². The fourth-order valence-corrected chi connectivity index (χ4v) is 4.60. The fourth-order valence-electron chi connectivity index (χ4n) is 4.60. The Kier molecular flexibility index (Phi) is 8.38. The van der Waals surface area contributed by atoms with Gasteiger partial charge in [0.15, 0.2) is 0 Å². The van der Waals surface area contributed by atoms with E-state index in [9.17, 15) is 0 Å². The van der Waals surface area contributed by atoms with Gasteiger partial charge in [-0.2, -0.15) is 0 Å². The Balaban J connectivity index is 1.39. The van der Waals surface area contributed by atoms with E-state index in [1.54, 1.807) is 0 Å². The highest BCUT2D eigenvalue weighted by Crippen LogP contribution is 2.23. The van der Waals surface area contributed by atoms with Crippen LogP contribution >= 0.6 is 0 Å². The molecule has 8 nitrogen and oxygen atoms in total. The van der Waals surface area contributed by atoms with Gasteiger partial charge in [-0.1, -0.05) is 60.7 Å². The maximum atomic E-state index is 4.54. The summed E-state index contributed by atoms with van der Waals surface area (Å²) in [5.74, 6) is 0. The molecule has 2 aliphatic heterocycles. The molecule has 0 aliphatic carbocycles. The van der Waals surface area contributed by atoms with Crippen molar-refractivity contribution in [3.05, 3.63) is 60.7 Å². The second-order valence-electron chi connectivity index (χ2n) is 8.81. The first-order chi connectivity index (χ1) is 16.2. The summed E-state index contributed by atoms with van der Waals surface area (Å²) < 4.78 is 0. The van der Waals surface area contributed by atoms with Gasteiger partial charge in [-0.25, -0.2) is 0 Å². The molecule has 0 spiro atoms. The molecule has 2 saturated heterocycles. The minimum Gasteiger partial charge on any atom is -0.268 e. The zero-order valence-electron chi connectivity index (χ0n) is 19.9. The van der Waals surface area contributed by atoms with Gasteiger partial charge in [0.2, 0.25) is 0 Å². The molecule has 176 valence electrons. The van der Waals surface area contributed by atoms with Crippen molar-refractivity contribution in [1.29, 1.82) is 0 Å². The normalized spacial score (nSPS) is 23.1. The molecule has 33 heavy (non-hydrogen) atoms. The summed E-state index contributed by atoms with van der Waals surface area (Å²) in [6.45, 7) is 8.96. The largest absolute Gasteiger partial charge is 0.268 e. The molecule has 8 heteroatoms. The van der Waals surface area contributed by atoms with E-state index in [0.29, 0.717) is 12.1 Å². The van der Waals surface area contributed by atoms with Crippen LogP contribution in [0.25, 0.3) is 0 Å². The van der Waals surface area contributed by atoms with Crippen molar-refractivity contribution in [1.82, 2.24) is 19.8 Å². The average Bonchev–Trinajstić information content (AvgIpc) is 2.88. The first-order valence-electron chi connectivity index (χ1n) is 12.2. The van der Waals surface area contributed by atoms with Crippen molar-refractivity contribution in [3.63, 3.8) is 0 Å². The molecule has 0 saturated carbocycles. The molecule has 0 N–H and O–H groups in total. The average molecular weight is 449 g/mol. The quantitative estimate of drug-likeness (QED) is 0.477. The van der Waals surface area contributed by atoms with E-state index in [1.165, 1.54) is 0 Å². The molecule has 0 amide bonds. The van der Waals surface area contributed by atoms with Gasteiger partial charge in [0.05, 0.1) is 31.4 Å². The lowest BCUT2D eigenvalue weighted by atomic mass is 10.1. The molecule has 2 aromatic rings. The smallest absolute Gasteiger partial charge is 0.0909 e. The Labute approximate surface area is 197 Å². The highest BCUT2D eigenvalue weighted by molar-refractivity contribution is 5.35. The molecule has 2 atom stereocenters. The van der Waals surface area contributed by atoms with E-state index in [-0.39, 0.29) is 0 Å². The van der Waals surface area contributed by atoms with Crippen LogP contribution in [0.3, 0.4) is 0 Å². The summed E-state index contributed by atoms with van der Waals surface area (Å²) in [6.07, 6.45) is 4.50. The van der Waals surface area contributed by atoms with Gasteiger partial charge in [0.25, 0.3) is 0 Å². The van der Waals surface area contributed by atoms with Gasteiger partial charge in [0.1, 0.15) is 0 Å². The molecule has 2 fully saturated rings. The maximum absolute atomic E-state index is 4.54. The van der Waals surface area contributed by atoms with Gasteiger partial charge in [-0.3, -0.25) is 19.8 Å². The third kappa shape index (κ3) is 6.58. The molecule has 2 aromatic carbocycles. The molecular formula is C25H36N8. The molecule has 0 aromatic heterocycles. The molecule has 0 bridgehead atoms. The highest BCUT2D eigenvalue weighted by atomic mass is 15.6. The van der Waals surface area contributed by atoms with Crippen LogP contribution in [0.2, 0.25) is 0 Å². The van der Waals surface area contributed by atoms with Crippen LogP contribution < -0.4 is 0 Å². The minimum atomic E-state index is 0.562. The predicted molar refractivity (Wildman–Crippen MR) is 131 cm³/mol. The van der Waals surface area contributed by atoms with Crippen molar-refractivity contribution in [3.8, 4) is 0 Å². The number of rotatable bonds is 8. The van der Waals surface area contributed by atoms with Gasteiger partial charge < -0.3 is 0 Å². The van der Waals surface area contributed by atoms with Crippen LogP contribution in [0.4, 0.5) is 11.4 Å². The maximum Gasteiger partial charge on any atom is 0.0909 e. The summed E-state index contributed by atoms with van der Waals surface area (Å²) in [5.41, 5.74) is 1.78. The second kappa shape index (κ2) is 11.9. The summed E-state index contributed by atoms with van der Waals surface area (Å²) >= 11 is 0. The zero-order valence-corrected chi connectivity index (χ0v) is 19.9. The van der Waals surface area contributed by atoms with Crippen LogP contribution in [-0.2, 0) is 0 Å². The SMILES string of the molecule is CCC1CCN(N=Nc2ccccc2)CN1CN1CN(N=Nc2ccccc2)CCC1CC. The first-order valence-corrected chi connectivity index (χ1v) is 12.2. The summed E-state index contributed by atoms with van der Waals surface area (Å²) in [7, 11) is 0. The van der Waals surface area contributed by atoms with Gasteiger partial charge in [-0.05, 0) is 49.9 Å². The summed E-state index contributed by atoms with van der Waals surface area (Å²) in [5, 5.41) is 22.1. The predicted octanol–water partition coefficient (Wildman–Crippen LogP) is 5.83. The van der Waals surface area contributed by atoms with Crippen molar-refractivity contribution in [2.24, 2.45) is 20.7 Å². The zero-order chi connectivity index (χ0) is 22.9. The van der Waals surface area contributed by atoms with Crippen molar-refractivity contribution in [2.75, 3.05) is 33.1 Å². The van der Waals surface area contributed by atoms with Crippen LogP contribution in [0.5, 0.6) is 0 Å². The van der Waals surface area contributed by atoms with Gasteiger partial charge in [0, 0.05) is 25.2 Å². The Bertz CT molecular complexity index is 814. The lowest BCUT2D eigenvalue weighted by Crippen LogP contribution is -2.57. The molecule has 4 rings (SSSR count). The lowest BCUT2D eigenvalue weighted by Gasteiger charge is -2.46. The van der Waals surface area contributed by atoms with Crippen LogP contribution in [-0.4, -0.2) is 65.0 Å². The molecule has 0 radical (unpaired) electrons. The Morgan fingerprint density at radius 1 is 0.667 bits per heavy atom. The van der Waals surface area contributed by atoms with E-state index < -0.39 is 0 Å². The Morgan fingerprint density at radius 2 is 1.09 bits per heavy atom. The molecular weight excluding hydrogens is 412 g/mol. The van der Waals surface area contributed by atoms with Crippen molar-refractivity contribution < 1.29 is 0 Å². The standard InChI is InChI=1S/C25H36N8/c1-3-24-15-17-32(28-26-22-11-7-5-8-12-22)20-30(24)19-31-21-33(18-16-25(31)4-2)29-27-23-13-9-6-10-14-23/h5-14,24-25H,3-4,15-21H2,1-2H3. The van der Waals surface area contributed by atoms with Gasteiger partial charge >= 0.3 is 0 Å². The fraction of sp³-hybridized carbons (Fsp3) is 0.520. The topological polar surface area (TPSA) is 62.4 Å². The number of hydrogen-bond acceptors (Lipinski definition) is 6. The van der Waals surface area contributed by atoms with Crippen molar-refractivity contribution >= 4 is 11.4 Å². The van der Waals surface area contributed by atoms with Crippen LogP contribution in [0, 0.1) is 0 Å². The van der Waals surface area contributed by atoms with Crippen LogP contribution in [0.15, 0.2) is 81.3 Å². The summed E-state index contributed by atoms with van der Waals surface area (Å²) in [4.78, 5) is 5.10. The highest BCUT2D eigenvalue weighted by Gasteiger charge is 2.31. The Morgan fingerprint density at radius 3 is 1.48 bits per heavy atom. The number of hydrogen-bond donors (Lipinski definition) is 0. The molecule has 2 aliphatic rings. The monoisotopic (exact) mass is 448 g/mol. The number of benzene rings is 2. The third-order valence-electron chi connectivity index (χ3n) is 6.56. The van der Waals surface area contributed by atoms with E-state index in [4.69, 9.17) is 0 Å². The molecule has 2 unspecified atom stereocenters. The molecule has 2 heterocycles. The van der Waals surface area contributed by atoms with Crippen molar-refractivity contribution in [2.45, 2.75) is 51.6 Å². The van der Waals surface area contributed by atoms with E-state index in [1.807, 2.05) is 60.7 Å². The number of nitrogens with zero attached hydrogens (tertiary/aromatic N) is 8. The second-order valence-corrected chi connectivity index (χ2v) is 8.81.